The molecule has 10 nitrogen and oxygen atoms in total. The maximum atomic E-state index is 13.5. The molecule has 40 heavy (non-hydrogen) atoms. The minimum atomic E-state index is -0.650. The molecular weight excluding hydrogens is 530 g/mol. The van der Waals surface area contributed by atoms with Gasteiger partial charge in [0.25, 0.3) is 5.56 Å². The van der Waals surface area contributed by atoms with Gasteiger partial charge in [-0.3, -0.25) is 9.48 Å². The van der Waals surface area contributed by atoms with Crippen LogP contribution < -0.4 is 10.4 Å². The SMILES string of the molecule is Cc1c(N=c2scc(-c3cc4ccccc4o3)n2N=Cc2ccc(O)c(O)c2O)c(=O)n(-c2ccccc2)n1C. The number of fused-ring (bicyclic) bond motifs is 1. The summed E-state index contributed by atoms with van der Waals surface area (Å²) in [6.45, 7) is 1.82. The third kappa shape index (κ3) is 4.18. The van der Waals surface area contributed by atoms with Crippen LogP contribution in [-0.2, 0) is 7.05 Å². The van der Waals surface area contributed by atoms with Crippen LogP contribution in [0.5, 0.6) is 17.2 Å². The number of aromatic hydroxyl groups is 3. The Morgan fingerprint density at radius 3 is 2.48 bits per heavy atom. The molecule has 0 bridgehead atoms. The van der Waals surface area contributed by atoms with Crippen molar-refractivity contribution in [1.29, 1.82) is 0 Å². The highest BCUT2D eigenvalue weighted by molar-refractivity contribution is 7.07. The van der Waals surface area contributed by atoms with Crippen molar-refractivity contribution in [2.75, 3.05) is 0 Å². The van der Waals surface area contributed by atoms with Crippen molar-refractivity contribution in [2.45, 2.75) is 6.92 Å². The Morgan fingerprint density at radius 1 is 0.950 bits per heavy atom. The molecule has 0 saturated carbocycles. The Morgan fingerprint density at radius 2 is 1.70 bits per heavy atom. The average Bonchev–Trinajstić information content (AvgIpc) is 3.63. The van der Waals surface area contributed by atoms with Gasteiger partial charge >= 0.3 is 0 Å². The summed E-state index contributed by atoms with van der Waals surface area (Å²) in [5, 5.41) is 37.2. The Balaban J connectivity index is 1.55. The highest BCUT2D eigenvalue weighted by Crippen LogP contribution is 2.36. The monoisotopic (exact) mass is 553 g/mol. The van der Waals surface area contributed by atoms with E-state index in [1.165, 1.54) is 34.4 Å². The van der Waals surface area contributed by atoms with E-state index < -0.39 is 17.2 Å². The van der Waals surface area contributed by atoms with Gasteiger partial charge in [-0.15, -0.1) is 11.3 Å². The Labute approximate surface area is 230 Å². The summed E-state index contributed by atoms with van der Waals surface area (Å²) in [5.74, 6) is -1.10. The Bertz CT molecular complexity index is 2010. The molecule has 0 aliphatic rings. The van der Waals surface area contributed by atoms with Crippen LogP contribution in [0.4, 0.5) is 5.69 Å². The summed E-state index contributed by atoms with van der Waals surface area (Å²) in [7, 11) is 1.79. The van der Waals surface area contributed by atoms with E-state index >= 15 is 0 Å². The quantitative estimate of drug-likeness (QED) is 0.205. The Kier molecular flexibility index (Phi) is 6.12. The van der Waals surface area contributed by atoms with Gasteiger partial charge in [0.2, 0.25) is 10.6 Å². The lowest BCUT2D eigenvalue weighted by Gasteiger charge is -2.07. The first-order chi connectivity index (χ1) is 19.3. The highest BCUT2D eigenvalue weighted by Gasteiger charge is 2.18. The smallest absolute Gasteiger partial charge is 0.297 e. The minimum Gasteiger partial charge on any atom is -0.504 e. The van der Waals surface area contributed by atoms with Crippen LogP contribution in [-0.4, -0.2) is 35.6 Å². The number of hydrogen-bond donors (Lipinski definition) is 3. The number of aromatic nitrogens is 3. The second kappa shape index (κ2) is 9.79. The maximum absolute atomic E-state index is 13.5. The second-order valence-corrected chi connectivity index (χ2v) is 9.84. The summed E-state index contributed by atoms with van der Waals surface area (Å²) >= 11 is 1.26. The lowest BCUT2D eigenvalue weighted by atomic mass is 10.2. The molecule has 0 unspecified atom stereocenters. The number of nitrogens with zero attached hydrogens (tertiary/aromatic N) is 5. The number of rotatable bonds is 5. The first kappa shape index (κ1) is 25.0. The molecule has 0 radical (unpaired) electrons. The van der Waals surface area contributed by atoms with E-state index in [9.17, 15) is 20.1 Å². The highest BCUT2D eigenvalue weighted by atomic mass is 32.1. The van der Waals surface area contributed by atoms with Gasteiger partial charge in [0.15, 0.2) is 22.9 Å². The topological polar surface area (TPSA) is 130 Å². The summed E-state index contributed by atoms with van der Waals surface area (Å²) in [4.78, 5) is 18.6. The zero-order chi connectivity index (χ0) is 28.0. The van der Waals surface area contributed by atoms with Crippen LogP contribution in [0.2, 0.25) is 0 Å². The summed E-state index contributed by atoms with van der Waals surface area (Å²) in [6.07, 6.45) is 1.33. The van der Waals surface area contributed by atoms with Crippen LogP contribution in [0.3, 0.4) is 0 Å². The predicted octanol–water partition coefficient (Wildman–Crippen LogP) is 4.99. The van der Waals surface area contributed by atoms with Crippen molar-refractivity contribution in [3.05, 3.63) is 105 Å². The van der Waals surface area contributed by atoms with Crippen LogP contribution in [0.25, 0.3) is 28.1 Å². The summed E-state index contributed by atoms with van der Waals surface area (Å²) < 4.78 is 10.9. The number of thiazole rings is 1. The first-order valence-electron chi connectivity index (χ1n) is 12.2. The number of phenols is 3. The molecule has 3 heterocycles. The molecule has 0 aliphatic carbocycles. The molecule has 11 heteroatoms. The van der Waals surface area contributed by atoms with Gasteiger partial charge in [-0.1, -0.05) is 36.4 Å². The molecule has 3 aromatic carbocycles. The number of benzene rings is 3. The van der Waals surface area contributed by atoms with Crippen molar-refractivity contribution in [3.63, 3.8) is 0 Å². The van der Waals surface area contributed by atoms with E-state index in [-0.39, 0.29) is 16.8 Å². The van der Waals surface area contributed by atoms with Crippen molar-refractivity contribution in [3.8, 4) is 34.4 Å². The van der Waals surface area contributed by atoms with Gasteiger partial charge in [-0.05, 0) is 43.3 Å². The van der Waals surface area contributed by atoms with Crippen molar-refractivity contribution < 1.29 is 19.7 Å². The van der Waals surface area contributed by atoms with Crippen molar-refractivity contribution in [2.24, 2.45) is 17.1 Å². The molecule has 6 aromatic rings. The molecule has 0 amide bonds. The fourth-order valence-electron chi connectivity index (χ4n) is 4.35. The number of para-hydroxylation sites is 2. The normalized spacial score (nSPS) is 12.2. The van der Waals surface area contributed by atoms with Gasteiger partial charge in [-0.25, -0.2) is 14.4 Å². The first-order valence-corrected chi connectivity index (χ1v) is 13.1. The second-order valence-electron chi connectivity index (χ2n) is 9.00. The number of phenolic OH excluding ortho intramolecular Hbond substituents is 3. The van der Waals surface area contributed by atoms with Gasteiger partial charge < -0.3 is 19.7 Å². The number of hydrogen-bond acceptors (Lipinski definition) is 8. The van der Waals surface area contributed by atoms with Gasteiger partial charge in [0.05, 0.1) is 17.6 Å². The van der Waals surface area contributed by atoms with Crippen molar-refractivity contribution in [1.82, 2.24) is 14.0 Å². The van der Waals surface area contributed by atoms with Crippen LogP contribution in [0.15, 0.2) is 97.5 Å². The third-order valence-corrected chi connectivity index (χ3v) is 7.38. The van der Waals surface area contributed by atoms with Crippen LogP contribution in [0, 0.1) is 6.92 Å². The predicted molar refractivity (Wildman–Crippen MR) is 153 cm³/mol. The summed E-state index contributed by atoms with van der Waals surface area (Å²) in [6, 6.07) is 21.4. The summed E-state index contributed by atoms with van der Waals surface area (Å²) in [5.41, 5.74) is 2.75. The van der Waals surface area contributed by atoms with E-state index in [0.717, 1.165) is 5.39 Å². The molecule has 0 saturated heterocycles. The molecule has 3 aromatic heterocycles. The molecule has 200 valence electrons. The average molecular weight is 554 g/mol. The van der Waals surface area contributed by atoms with Crippen LogP contribution >= 0.6 is 11.3 Å². The Hall–Kier alpha value is -5.29. The fraction of sp³-hybridized carbons (Fsp3) is 0.0690. The molecule has 3 N–H and O–H groups in total. The lowest BCUT2D eigenvalue weighted by molar-refractivity contribution is 0.367. The third-order valence-electron chi connectivity index (χ3n) is 6.57. The van der Waals surface area contributed by atoms with Crippen LogP contribution in [0.1, 0.15) is 11.3 Å². The molecular formula is C29H23N5O5S. The van der Waals surface area contributed by atoms with E-state index in [4.69, 9.17) is 9.41 Å². The van der Waals surface area contributed by atoms with Gasteiger partial charge in [0, 0.05) is 23.4 Å². The molecule has 0 atom stereocenters. The van der Waals surface area contributed by atoms with Crippen molar-refractivity contribution >= 4 is 34.2 Å². The van der Waals surface area contributed by atoms with E-state index in [1.807, 2.05) is 73.0 Å². The zero-order valence-corrected chi connectivity index (χ0v) is 22.2. The maximum Gasteiger partial charge on any atom is 0.297 e. The molecule has 6 rings (SSSR count). The zero-order valence-electron chi connectivity index (χ0n) is 21.4. The van der Waals surface area contributed by atoms with Gasteiger partial charge in [0.1, 0.15) is 11.3 Å². The standard InChI is InChI=1S/C29H23N5O5S/c1-17-25(28(38)34(32(17)2)20-9-4-3-5-10-20)31-29-33(30-15-19-12-13-22(35)27(37)26(19)36)21(16-40-29)24-14-18-8-6-7-11-23(18)39-24/h3-16,35-37H,1-2H3. The number of furan rings is 1. The van der Waals surface area contributed by atoms with Gasteiger partial charge in [-0.2, -0.15) is 5.10 Å². The minimum absolute atomic E-state index is 0.165. The largest absolute Gasteiger partial charge is 0.504 e. The van der Waals surface area contributed by atoms with E-state index in [2.05, 4.69) is 5.10 Å². The molecule has 0 spiro atoms. The van der Waals surface area contributed by atoms with E-state index in [1.54, 1.807) is 16.4 Å². The van der Waals surface area contributed by atoms with E-state index in [0.29, 0.717) is 33.2 Å². The molecule has 0 aliphatic heterocycles. The fourth-order valence-corrected chi connectivity index (χ4v) is 5.18. The lowest BCUT2D eigenvalue weighted by Crippen LogP contribution is -2.19. The molecule has 0 fully saturated rings.